The molecule has 4 aromatic rings. The van der Waals surface area contributed by atoms with E-state index in [1.807, 2.05) is 29.6 Å². The Balaban J connectivity index is 1.38. The largest absolute Gasteiger partial charge is 0.354 e. The number of aromatic nitrogens is 6. The summed E-state index contributed by atoms with van der Waals surface area (Å²) in [6, 6.07) is 9.38. The lowest BCUT2D eigenvalue weighted by molar-refractivity contribution is 0.952. The van der Waals surface area contributed by atoms with Gasteiger partial charge >= 0.3 is 0 Å². The zero-order chi connectivity index (χ0) is 17.6. The van der Waals surface area contributed by atoms with Crippen molar-refractivity contribution in [2.75, 3.05) is 11.9 Å². The van der Waals surface area contributed by atoms with Crippen molar-refractivity contribution in [2.45, 2.75) is 6.42 Å². The van der Waals surface area contributed by atoms with Crippen LogP contribution in [0.4, 0.5) is 5.95 Å². The zero-order valence-electron chi connectivity index (χ0n) is 13.8. The van der Waals surface area contributed by atoms with E-state index in [1.54, 1.807) is 42.2 Å². The summed E-state index contributed by atoms with van der Waals surface area (Å²) >= 11 is 1.55. The van der Waals surface area contributed by atoms with Gasteiger partial charge < -0.3 is 5.32 Å². The molecule has 7 nitrogen and oxygen atoms in total. The summed E-state index contributed by atoms with van der Waals surface area (Å²) in [7, 11) is 0. The first-order valence-electron chi connectivity index (χ1n) is 8.08. The Hall–Kier alpha value is -3.26. The first-order valence-corrected chi connectivity index (χ1v) is 8.96. The second-order valence-electron chi connectivity index (χ2n) is 5.37. The van der Waals surface area contributed by atoms with Gasteiger partial charge in [0.05, 0.1) is 17.1 Å². The highest BCUT2D eigenvalue weighted by molar-refractivity contribution is 7.13. The van der Waals surface area contributed by atoms with Crippen LogP contribution in [0.5, 0.6) is 0 Å². The second kappa shape index (κ2) is 7.75. The molecule has 0 amide bonds. The molecule has 0 radical (unpaired) electrons. The van der Waals surface area contributed by atoms with Gasteiger partial charge in [0.2, 0.25) is 5.95 Å². The molecule has 4 aromatic heterocycles. The molecule has 0 unspecified atom stereocenters. The molecule has 0 bridgehead atoms. The molecular weight excluding hydrogens is 346 g/mol. The number of anilines is 1. The number of thiazole rings is 1. The minimum absolute atomic E-state index is 0.579. The van der Waals surface area contributed by atoms with Gasteiger partial charge in [-0.05, 0) is 24.3 Å². The van der Waals surface area contributed by atoms with Crippen LogP contribution in [0.15, 0.2) is 60.5 Å². The van der Waals surface area contributed by atoms with Crippen molar-refractivity contribution in [1.82, 2.24) is 29.9 Å². The van der Waals surface area contributed by atoms with Crippen LogP contribution < -0.4 is 5.32 Å². The summed E-state index contributed by atoms with van der Waals surface area (Å²) in [6.45, 7) is 0.685. The van der Waals surface area contributed by atoms with Crippen molar-refractivity contribution in [2.24, 2.45) is 0 Å². The van der Waals surface area contributed by atoms with Gasteiger partial charge in [-0.15, -0.1) is 11.3 Å². The molecule has 4 heterocycles. The monoisotopic (exact) mass is 361 g/mol. The highest BCUT2D eigenvalue weighted by Gasteiger charge is 2.07. The Morgan fingerprint density at radius 1 is 0.808 bits per heavy atom. The highest BCUT2D eigenvalue weighted by Crippen LogP contribution is 2.20. The van der Waals surface area contributed by atoms with E-state index in [-0.39, 0.29) is 0 Å². The summed E-state index contributed by atoms with van der Waals surface area (Å²) in [4.78, 5) is 26.1. The number of hydrogen-bond acceptors (Lipinski definition) is 8. The van der Waals surface area contributed by atoms with Crippen LogP contribution in [-0.4, -0.2) is 36.4 Å². The maximum Gasteiger partial charge on any atom is 0.223 e. The van der Waals surface area contributed by atoms with E-state index < -0.39 is 0 Å². The Morgan fingerprint density at radius 3 is 2.54 bits per heavy atom. The summed E-state index contributed by atoms with van der Waals surface area (Å²) in [6.07, 6.45) is 7.68. The van der Waals surface area contributed by atoms with Gasteiger partial charge in [0, 0.05) is 43.1 Å². The van der Waals surface area contributed by atoms with Crippen LogP contribution >= 0.6 is 11.3 Å². The van der Waals surface area contributed by atoms with Crippen LogP contribution in [-0.2, 0) is 6.42 Å². The molecule has 0 atom stereocenters. The molecule has 26 heavy (non-hydrogen) atoms. The molecule has 0 aliphatic rings. The first kappa shape index (κ1) is 16.2. The van der Waals surface area contributed by atoms with Gasteiger partial charge in [-0.2, -0.15) is 0 Å². The molecule has 0 fully saturated rings. The molecule has 0 saturated carbocycles. The van der Waals surface area contributed by atoms with E-state index in [0.717, 1.165) is 28.5 Å². The molecular formula is C18H15N7S. The van der Waals surface area contributed by atoms with Crippen molar-refractivity contribution in [3.8, 4) is 22.2 Å². The van der Waals surface area contributed by atoms with E-state index >= 15 is 0 Å². The van der Waals surface area contributed by atoms with Gasteiger partial charge in [-0.25, -0.2) is 24.9 Å². The predicted molar refractivity (Wildman–Crippen MR) is 101 cm³/mol. The Labute approximate surface area is 154 Å². The third kappa shape index (κ3) is 3.86. The topological polar surface area (TPSA) is 89.4 Å². The average molecular weight is 361 g/mol. The molecule has 128 valence electrons. The Morgan fingerprint density at radius 2 is 1.69 bits per heavy atom. The second-order valence-corrected chi connectivity index (χ2v) is 6.23. The maximum absolute atomic E-state index is 4.58. The summed E-state index contributed by atoms with van der Waals surface area (Å²) in [5.74, 6) is 1.23. The van der Waals surface area contributed by atoms with E-state index in [2.05, 4.69) is 35.2 Å². The maximum atomic E-state index is 4.58. The third-order valence-corrected chi connectivity index (χ3v) is 4.44. The number of rotatable bonds is 6. The van der Waals surface area contributed by atoms with Crippen LogP contribution in [0.2, 0.25) is 0 Å². The van der Waals surface area contributed by atoms with E-state index in [4.69, 9.17) is 0 Å². The lowest BCUT2D eigenvalue weighted by atomic mass is 10.2. The van der Waals surface area contributed by atoms with Gasteiger partial charge in [0.25, 0.3) is 0 Å². The standard InChI is InChI=1S/C18H15N7S/c1-2-7-19-14(4-1)15-6-11-23-18(25-15)22-10-5-13-12-26-17(24-13)16-20-8-3-9-21-16/h1-4,6-9,11-12H,5,10H2,(H,22,23,25). The third-order valence-electron chi connectivity index (χ3n) is 3.56. The fourth-order valence-electron chi connectivity index (χ4n) is 2.34. The molecule has 0 aliphatic heterocycles. The smallest absolute Gasteiger partial charge is 0.223 e. The van der Waals surface area contributed by atoms with Gasteiger partial charge in [-0.3, -0.25) is 4.98 Å². The van der Waals surface area contributed by atoms with Gasteiger partial charge in [0.15, 0.2) is 10.8 Å². The lowest BCUT2D eigenvalue weighted by Gasteiger charge is -2.05. The number of pyridine rings is 1. The predicted octanol–water partition coefficient (Wildman–Crippen LogP) is 3.11. The quantitative estimate of drug-likeness (QED) is 0.564. The fourth-order valence-corrected chi connectivity index (χ4v) is 3.14. The summed E-state index contributed by atoms with van der Waals surface area (Å²) in [5, 5.41) is 6.09. The summed E-state index contributed by atoms with van der Waals surface area (Å²) < 4.78 is 0. The van der Waals surface area contributed by atoms with Crippen molar-refractivity contribution in [3.63, 3.8) is 0 Å². The number of nitrogens with zero attached hydrogens (tertiary/aromatic N) is 6. The number of nitrogens with one attached hydrogen (secondary N) is 1. The van der Waals surface area contributed by atoms with Crippen molar-refractivity contribution >= 4 is 17.3 Å². The van der Waals surface area contributed by atoms with Crippen molar-refractivity contribution in [1.29, 1.82) is 0 Å². The molecule has 1 N–H and O–H groups in total. The van der Waals surface area contributed by atoms with E-state index in [9.17, 15) is 0 Å². The van der Waals surface area contributed by atoms with Gasteiger partial charge in [-0.1, -0.05) is 6.07 Å². The zero-order valence-corrected chi connectivity index (χ0v) is 14.6. The minimum atomic E-state index is 0.579. The molecule has 0 aliphatic carbocycles. The number of hydrogen-bond donors (Lipinski definition) is 1. The first-order chi connectivity index (χ1) is 12.9. The van der Waals surface area contributed by atoms with Gasteiger partial charge in [0.1, 0.15) is 0 Å². The Kier molecular flexibility index (Phi) is 4.83. The molecule has 4 rings (SSSR count). The fraction of sp³-hybridized carbons (Fsp3) is 0.111. The van der Waals surface area contributed by atoms with E-state index in [0.29, 0.717) is 18.3 Å². The molecule has 0 spiro atoms. The van der Waals surface area contributed by atoms with Crippen LogP contribution in [0.25, 0.3) is 22.2 Å². The van der Waals surface area contributed by atoms with Crippen molar-refractivity contribution in [3.05, 3.63) is 66.2 Å². The van der Waals surface area contributed by atoms with Crippen LogP contribution in [0, 0.1) is 0 Å². The van der Waals surface area contributed by atoms with Crippen LogP contribution in [0.1, 0.15) is 5.69 Å². The normalized spacial score (nSPS) is 10.6. The molecule has 0 saturated heterocycles. The van der Waals surface area contributed by atoms with Crippen molar-refractivity contribution < 1.29 is 0 Å². The molecule has 8 heteroatoms. The summed E-state index contributed by atoms with van der Waals surface area (Å²) in [5.41, 5.74) is 2.61. The van der Waals surface area contributed by atoms with E-state index in [1.165, 1.54) is 0 Å². The lowest BCUT2D eigenvalue weighted by Crippen LogP contribution is -2.08. The minimum Gasteiger partial charge on any atom is -0.354 e. The SMILES string of the molecule is c1ccc(-c2ccnc(NCCc3csc(-c4ncccn4)n3)n2)nc1. The van der Waals surface area contributed by atoms with Crippen LogP contribution in [0.3, 0.4) is 0 Å². The highest BCUT2D eigenvalue weighted by atomic mass is 32.1. The Bertz CT molecular complexity index is 973. The average Bonchev–Trinajstić information content (AvgIpc) is 3.19. The molecule has 0 aromatic carbocycles.